The summed E-state index contributed by atoms with van der Waals surface area (Å²) in [5.41, 5.74) is -1.46. The summed E-state index contributed by atoms with van der Waals surface area (Å²) in [4.78, 5) is 11.2. The number of carbonyl (C=O) groups is 1. The molecule has 0 amide bonds. The molecule has 0 aromatic heterocycles. The monoisotopic (exact) mass is 262 g/mol. The van der Waals surface area contributed by atoms with Crippen LogP contribution in [0.3, 0.4) is 0 Å². The van der Waals surface area contributed by atoms with E-state index in [2.05, 4.69) is 0 Å². The van der Waals surface area contributed by atoms with Crippen molar-refractivity contribution >= 4 is 18.4 Å². The van der Waals surface area contributed by atoms with Crippen LogP contribution >= 0.6 is 7.37 Å². The van der Waals surface area contributed by atoms with Crippen LogP contribution in [0.15, 0.2) is 60.7 Å². The van der Waals surface area contributed by atoms with E-state index >= 15 is 0 Å². The van der Waals surface area contributed by atoms with E-state index in [1.165, 1.54) is 12.1 Å². The minimum absolute atomic E-state index is 0.168. The maximum Gasteiger partial charge on any atom is 0.406 e. The standard InChI is InChI=1S/C13H11O4P/c14-13(15)18(16,12-9-5-2-6-10-12)17-11-7-3-1-4-8-11/h1-10H,(H,14,15). The molecule has 18 heavy (non-hydrogen) atoms. The lowest BCUT2D eigenvalue weighted by molar-refractivity contribution is 0.216. The zero-order valence-corrected chi connectivity index (χ0v) is 10.3. The molecule has 0 heterocycles. The summed E-state index contributed by atoms with van der Waals surface area (Å²) in [6.07, 6.45) is 0. The van der Waals surface area contributed by atoms with E-state index in [1.54, 1.807) is 48.5 Å². The van der Waals surface area contributed by atoms with Gasteiger partial charge in [-0.1, -0.05) is 36.4 Å². The summed E-state index contributed by atoms with van der Waals surface area (Å²) in [6.45, 7) is 0. The van der Waals surface area contributed by atoms with Crippen molar-refractivity contribution in [2.24, 2.45) is 0 Å². The lowest BCUT2D eigenvalue weighted by atomic mass is 10.3. The zero-order chi connectivity index (χ0) is 13.0. The fourth-order valence-electron chi connectivity index (χ4n) is 1.46. The summed E-state index contributed by atoms with van der Waals surface area (Å²) in [5.74, 6) is 0.270. The summed E-state index contributed by atoms with van der Waals surface area (Å²) in [6, 6.07) is 16.2. The van der Waals surface area contributed by atoms with Gasteiger partial charge >= 0.3 is 13.1 Å². The molecule has 92 valence electrons. The summed E-state index contributed by atoms with van der Waals surface area (Å²) in [5, 5.41) is 9.33. The quantitative estimate of drug-likeness (QED) is 0.858. The molecular weight excluding hydrogens is 251 g/mol. The molecule has 5 heteroatoms. The number of benzene rings is 2. The van der Waals surface area contributed by atoms with Gasteiger partial charge in [0.1, 0.15) is 5.75 Å². The second-order valence-electron chi connectivity index (χ2n) is 3.57. The van der Waals surface area contributed by atoms with Crippen LogP contribution < -0.4 is 9.83 Å². The van der Waals surface area contributed by atoms with Crippen molar-refractivity contribution in [1.82, 2.24) is 0 Å². The predicted octanol–water partition coefficient (Wildman–Crippen LogP) is 3.35. The van der Waals surface area contributed by atoms with Gasteiger partial charge in [0.15, 0.2) is 0 Å². The van der Waals surface area contributed by atoms with Crippen molar-refractivity contribution in [3.05, 3.63) is 60.7 Å². The van der Waals surface area contributed by atoms with Gasteiger partial charge in [0.2, 0.25) is 0 Å². The number of hydrogen-bond acceptors (Lipinski definition) is 3. The van der Waals surface area contributed by atoms with E-state index in [9.17, 15) is 9.36 Å². The molecule has 2 aromatic rings. The van der Waals surface area contributed by atoms with Crippen LogP contribution in [-0.2, 0) is 4.57 Å². The third-order valence-corrected chi connectivity index (χ3v) is 4.27. The molecule has 2 aromatic carbocycles. The number of para-hydroxylation sites is 1. The highest BCUT2D eigenvalue weighted by Crippen LogP contribution is 2.46. The fourth-order valence-corrected chi connectivity index (χ4v) is 2.84. The second kappa shape index (κ2) is 5.07. The van der Waals surface area contributed by atoms with E-state index < -0.39 is 13.1 Å². The van der Waals surface area contributed by atoms with Crippen LogP contribution in [0.4, 0.5) is 4.79 Å². The van der Waals surface area contributed by atoms with Crippen LogP contribution in [0, 0.1) is 0 Å². The topological polar surface area (TPSA) is 63.6 Å². The van der Waals surface area contributed by atoms with Crippen LogP contribution in [0.25, 0.3) is 0 Å². The van der Waals surface area contributed by atoms with Crippen molar-refractivity contribution in [3.63, 3.8) is 0 Å². The highest BCUT2D eigenvalue weighted by Gasteiger charge is 2.36. The molecule has 0 aliphatic carbocycles. The Kier molecular flexibility index (Phi) is 3.49. The lowest BCUT2D eigenvalue weighted by Crippen LogP contribution is -2.15. The summed E-state index contributed by atoms with van der Waals surface area (Å²) < 4.78 is 17.7. The molecule has 0 spiro atoms. The van der Waals surface area contributed by atoms with Gasteiger partial charge in [-0.2, -0.15) is 0 Å². The molecular formula is C13H11O4P. The Morgan fingerprint density at radius 2 is 1.44 bits per heavy atom. The number of rotatable bonds is 4. The minimum atomic E-state index is -3.95. The molecule has 4 nitrogen and oxygen atoms in total. The van der Waals surface area contributed by atoms with Crippen LogP contribution in [0.2, 0.25) is 0 Å². The molecule has 1 atom stereocenters. The fraction of sp³-hybridized carbons (Fsp3) is 0. The normalized spacial score (nSPS) is 13.6. The SMILES string of the molecule is O=C(O)P(=O)(Oc1ccccc1)c1ccccc1. The van der Waals surface area contributed by atoms with Gasteiger partial charge in [-0.25, -0.2) is 4.79 Å². The van der Waals surface area contributed by atoms with Crippen molar-refractivity contribution in [2.75, 3.05) is 0 Å². The molecule has 0 aliphatic rings. The van der Waals surface area contributed by atoms with E-state index in [1.807, 2.05) is 0 Å². The Morgan fingerprint density at radius 3 is 1.94 bits per heavy atom. The molecule has 0 fully saturated rings. The molecule has 0 saturated heterocycles. The van der Waals surface area contributed by atoms with E-state index in [-0.39, 0.29) is 11.1 Å². The first-order valence-corrected chi connectivity index (χ1v) is 6.89. The van der Waals surface area contributed by atoms with E-state index in [0.717, 1.165) is 0 Å². The molecule has 1 N–H and O–H groups in total. The number of hydrogen-bond donors (Lipinski definition) is 1. The number of carboxylic acid groups (broad SMARTS) is 1. The van der Waals surface area contributed by atoms with Gasteiger partial charge in [0.25, 0.3) is 0 Å². The lowest BCUT2D eigenvalue weighted by Gasteiger charge is -2.15. The van der Waals surface area contributed by atoms with Crippen molar-refractivity contribution in [1.29, 1.82) is 0 Å². The van der Waals surface area contributed by atoms with Gasteiger partial charge in [-0.05, 0) is 24.3 Å². The average Bonchev–Trinajstić information content (AvgIpc) is 2.40. The largest absolute Gasteiger partial charge is 0.473 e. The average molecular weight is 262 g/mol. The second-order valence-corrected chi connectivity index (χ2v) is 5.76. The molecule has 0 aliphatic heterocycles. The highest BCUT2D eigenvalue weighted by molar-refractivity contribution is 7.82. The first-order chi connectivity index (χ1) is 8.63. The van der Waals surface area contributed by atoms with Crippen LogP contribution in [-0.4, -0.2) is 10.8 Å². The van der Waals surface area contributed by atoms with Crippen LogP contribution in [0.5, 0.6) is 5.75 Å². The molecule has 2 rings (SSSR count). The van der Waals surface area contributed by atoms with Gasteiger partial charge in [0.05, 0.1) is 5.30 Å². The Morgan fingerprint density at radius 1 is 0.944 bits per heavy atom. The Labute approximate surface area is 104 Å². The minimum Gasteiger partial charge on any atom is -0.473 e. The van der Waals surface area contributed by atoms with Gasteiger partial charge in [0, 0.05) is 0 Å². The maximum atomic E-state index is 12.5. The van der Waals surface area contributed by atoms with Gasteiger partial charge < -0.3 is 9.63 Å². The predicted molar refractivity (Wildman–Crippen MR) is 68.8 cm³/mol. The van der Waals surface area contributed by atoms with Crippen LogP contribution in [0.1, 0.15) is 0 Å². The van der Waals surface area contributed by atoms with E-state index in [0.29, 0.717) is 0 Å². The summed E-state index contributed by atoms with van der Waals surface area (Å²) in [7, 11) is -3.95. The Hall–Kier alpha value is -2.06. The highest BCUT2D eigenvalue weighted by atomic mass is 31.2. The maximum absolute atomic E-state index is 12.5. The molecule has 0 saturated carbocycles. The first-order valence-electron chi connectivity index (χ1n) is 5.27. The third-order valence-electron chi connectivity index (χ3n) is 2.33. The van der Waals surface area contributed by atoms with Crippen molar-refractivity contribution < 1.29 is 19.0 Å². The van der Waals surface area contributed by atoms with Crippen molar-refractivity contribution in [2.45, 2.75) is 0 Å². The molecule has 1 unspecified atom stereocenters. The first kappa shape index (κ1) is 12.4. The Bertz CT molecular complexity index is 580. The van der Waals surface area contributed by atoms with Gasteiger partial charge in [-0.15, -0.1) is 0 Å². The van der Waals surface area contributed by atoms with Crippen molar-refractivity contribution in [3.8, 4) is 5.75 Å². The zero-order valence-electron chi connectivity index (χ0n) is 9.39. The Balaban J connectivity index is 2.41. The van der Waals surface area contributed by atoms with E-state index in [4.69, 9.17) is 9.63 Å². The molecule has 0 bridgehead atoms. The van der Waals surface area contributed by atoms with Gasteiger partial charge in [-0.3, -0.25) is 4.57 Å². The molecule has 0 radical (unpaired) electrons. The summed E-state index contributed by atoms with van der Waals surface area (Å²) >= 11 is 0. The third kappa shape index (κ3) is 2.44. The smallest absolute Gasteiger partial charge is 0.406 e.